The Bertz CT molecular complexity index is 249. The molecule has 71 valence electrons. The summed E-state index contributed by atoms with van der Waals surface area (Å²) in [6, 6.07) is 12.2. The van der Waals surface area contributed by atoms with E-state index in [0.717, 1.165) is 0 Å². The van der Waals surface area contributed by atoms with Crippen LogP contribution in [0, 0.1) is 0 Å². The molecule has 0 spiro atoms. The van der Waals surface area contributed by atoms with Gasteiger partial charge in [-0.25, -0.2) is 0 Å². The van der Waals surface area contributed by atoms with E-state index in [1.54, 1.807) is 0 Å². The maximum atomic E-state index is 2.38. The van der Waals surface area contributed by atoms with E-state index >= 15 is 0 Å². The lowest BCUT2D eigenvalue weighted by Gasteiger charge is -2.26. The Hall–Kier alpha value is -0.563. The quantitative estimate of drug-likeness (QED) is 0.639. The van der Waals surface area contributed by atoms with E-state index in [1.807, 2.05) is 0 Å². The molecule has 0 saturated heterocycles. The van der Waals surface area contributed by atoms with Crippen LogP contribution in [0.25, 0.3) is 0 Å². The van der Waals surface area contributed by atoms with Crippen LogP contribution in [0.5, 0.6) is 0 Å². The molecule has 1 radical (unpaired) electrons. The van der Waals surface area contributed by atoms with Crippen molar-refractivity contribution in [2.75, 3.05) is 0 Å². The predicted molar refractivity (Wildman–Crippen MR) is 61.8 cm³/mol. The minimum absolute atomic E-state index is 0.139. The van der Waals surface area contributed by atoms with E-state index in [0.29, 0.717) is 5.41 Å². The van der Waals surface area contributed by atoms with Crippen molar-refractivity contribution >= 4 is 8.80 Å². The van der Waals surface area contributed by atoms with Gasteiger partial charge in [-0.15, -0.1) is 0 Å². The fraction of sp³-hybridized carbons (Fsp3) is 0.500. The van der Waals surface area contributed by atoms with Crippen molar-refractivity contribution in [1.29, 1.82) is 0 Å². The third kappa shape index (κ3) is 3.00. The van der Waals surface area contributed by atoms with Crippen molar-refractivity contribution in [1.82, 2.24) is 0 Å². The number of hydrogen-bond acceptors (Lipinski definition) is 0. The summed E-state index contributed by atoms with van der Waals surface area (Å²) in [6.45, 7) is 9.46. The molecule has 1 rings (SSSR count). The average Bonchev–Trinajstić information content (AvgIpc) is 2.04. The highest BCUT2D eigenvalue weighted by atomic mass is 28.3. The van der Waals surface area contributed by atoms with E-state index in [9.17, 15) is 0 Å². The molecule has 0 saturated carbocycles. The van der Waals surface area contributed by atoms with Gasteiger partial charge in [-0.1, -0.05) is 63.3 Å². The number of rotatable bonds is 3. The first-order valence-corrected chi connectivity index (χ1v) is 7.57. The molecule has 0 aliphatic carbocycles. The van der Waals surface area contributed by atoms with Crippen LogP contribution in [0.1, 0.15) is 19.4 Å². The summed E-state index contributed by atoms with van der Waals surface area (Å²) < 4.78 is 0. The maximum absolute atomic E-state index is 2.38. The third-order valence-corrected chi connectivity index (χ3v) is 3.94. The minimum Gasteiger partial charge on any atom is -0.0712 e. The molecule has 0 atom stereocenters. The molecule has 0 nitrogen and oxygen atoms in total. The molecule has 0 fully saturated rings. The fourth-order valence-corrected chi connectivity index (χ4v) is 3.85. The summed E-state index contributed by atoms with van der Waals surface area (Å²) in [5.41, 5.74) is 1.83. The van der Waals surface area contributed by atoms with Gasteiger partial charge < -0.3 is 0 Å². The first-order chi connectivity index (χ1) is 6.02. The molecule has 13 heavy (non-hydrogen) atoms. The number of hydrogen-bond donors (Lipinski definition) is 0. The smallest absolute Gasteiger partial charge is 0.0421 e. The van der Waals surface area contributed by atoms with Crippen LogP contribution in [0.4, 0.5) is 0 Å². The van der Waals surface area contributed by atoms with E-state index in [2.05, 4.69) is 57.3 Å². The first kappa shape index (κ1) is 10.5. The molecule has 1 aromatic carbocycles. The largest absolute Gasteiger partial charge is 0.0712 e. The summed E-state index contributed by atoms with van der Waals surface area (Å²) in [7, 11) is -0.139. The Morgan fingerprint density at radius 1 is 1.08 bits per heavy atom. The van der Waals surface area contributed by atoms with Gasteiger partial charge in [0.15, 0.2) is 0 Å². The Kier molecular flexibility index (Phi) is 3.31. The highest BCUT2D eigenvalue weighted by Crippen LogP contribution is 2.28. The molecular formula is C12H19Si. The summed E-state index contributed by atoms with van der Waals surface area (Å²) in [6.07, 6.45) is 0. The van der Waals surface area contributed by atoms with Crippen molar-refractivity contribution in [3.63, 3.8) is 0 Å². The van der Waals surface area contributed by atoms with Gasteiger partial charge >= 0.3 is 0 Å². The second kappa shape index (κ2) is 4.10. The monoisotopic (exact) mass is 191 g/mol. The highest BCUT2D eigenvalue weighted by molar-refractivity contribution is 6.56. The molecule has 0 heterocycles. The van der Waals surface area contributed by atoms with Gasteiger partial charge in [-0.2, -0.15) is 0 Å². The normalized spacial score (nSPS) is 12.1. The summed E-state index contributed by atoms with van der Waals surface area (Å²) in [5, 5.41) is 0. The molecule has 0 aliphatic heterocycles. The Morgan fingerprint density at radius 3 is 2.08 bits per heavy atom. The summed E-state index contributed by atoms with van der Waals surface area (Å²) in [4.78, 5) is 0. The van der Waals surface area contributed by atoms with Gasteiger partial charge in [-0.05, 0) is 11.0 Å². The zero-order chi connectivity index (χ0) is 9.90. The predicted octanol–water partition coefficient (Wildman–Crippen LogP) is 3.72. The second-order valence-corrected chi connectivity index (χ2v) is 7.40. The Balaban J connectivity index is 2.81. The molecule has 1 aromatic rings. The van der Waals surface area contributed by atoms with Gasteiger partial charge in [0, 0.05) is 8.80 Å². The molecule has 0 aromatic heterocycles. The summed E-state index contributed by atoms with van der Waals surface area (Å²) >= 11 is 0. The van der Waals surface area contributed by atoms with Gasteiger partial charge in [0.25, 0.3) is 0 Å². The van der Waals surface area contributed by atoms with Crippen LogP contribution < -0.4 is 0 Å². The molecule has 0 N–H and O–H groups in total. The molecule has 0 aliphatic rings. The van der Waals surface area contributed by atoms with Crippen molar-refractivity contribution in [2.24, 2.45) is 0 Å². The topological polar surface area (TPSA) is 0 Å². The highest BCUT2D eigenvalue weighted by Gasteiger charge is 2.21. The van der Waals surface area contributed by atoms with E-state index < -0.39 is 0 Å². The maximum Gasteiger partial charge on any atom is 0.0421 e. The van der Waals surface area contributed by atoms with Gasteiger partial charge in [0.05, 0.1) is 0 Å². The first-order valence-electron chi connectivity index (χ1n) is 4.87. The fourth-order valence-electron chi connectivity index (χ4n) is 1.88. The lowest BCUT2D eigenvalue weighted by Crippen LogP contribution is -2.22. The minimum atomic E-state index is -0.139. The van der Waals surface area contributed by atoms with Crippen molar-refractivity contribution in [3.8, 4) is 0 Å². The number of benzene rings is 1. The second-order valence-electron chi connectivity index (χ2n) is 4.63. The van der Waals surface area contributed by atoms with Crippen LogP contribution in [-0.2, 0) is 5.41 Å². The van der Waals surface area contributed by atoms with Crippen LogP contribution in [-0.4, -0.2) is 8.80 Å². The van der Waals surface area contributed by atoms with E-state index in [-0.39, 0.29) is 8.80 Å². The molecule has 1 heteroatoms. The lowest BCUT2D eigenvalue weighted by molar-refractivity contribution is 0.584. The summed E-state index contributed by atoms with van der Waals surface area (Å²) in [5.74, 6) is 0. The van der Waals surface area contributed by atoms with Crippen LogP contribution in [0.2, 0.25) is 19.1 Å². The molecule has 0 unspecified atom stereocenters. The zero-order valence-corrected chi connectivity index (χ0v) is 10.1. The third-order valence-electron chi connectivity index (χ3n) is 2.35. The molecular weight excluding hydrogens is 172 g/mol. The Labute approximate surface area is 83.6 Å². The molecule has 0 bridgehead atoms. The van der Waals surface area contributed by atoms with Crippen molar-refractivity contribution in [3.05, 3.63) is 35.9 Å². The average molecular weight is 191 g/mol. The van der Waals surface area contributed by atoms with Gasteiger partial charge in [0.1, 0.15) is 0 Å². The van der Waals surface area contributed by atoms with E-state index in [1.165, 1.54) is 11.6 Å². The lowest BCUT2D eigenvalue weighted by atomic mass is 9.87. The zero-order valence-electron chi connectivity index (χ0n) is 9.09. The van der Waals surface area contributed by atoms with Crippen molar-refractivity contribution < 1.29 is 0 Å². The standard InChI is InChI=1S/C12H19Si/c1-12(2,10-13(3)4)11-8-6-5-7-9-11/h5-9H,10H2,1-4H3. The van der Waals surface area contributed by atoms with E-state index in [4.69, 9.17) is 0 Å². The van der Waals surface area contributed by atoms with Crippen LogP contribution >= 0.6 is 0 Å². The Morgan fingerprint density at radius 2 is 1.62 bits per heavy atom. The van der Waals surface area contributed by atoms with Crippen LogP contribution in [0.15, 0.2) is 30.3 Å². The van der Waals surface area contributed by atoms with Crippen molar-refractivity contribution in [2.45, 2.75) is 38.4 Å². The van der Waals surface area contributed by atoms with Gasteiger partial charge in [-0.3, -0.25) is 0 Å². The van der Waals surface area contributed by atoms with Crippen LogP contribution in [0.3, 0.4) is 0 Å². The molecule has 0 amide bonds. The SMILES string of the molecule is C[Si](C)CC(C)(C)c1ccccc1. The van der Waals surface area contributed by atoms with Gasteiger partial charge in [0.2, 0.25) is 0 Å².